The van der Waals surface area contributed by atoms with Crippen molar-refractivity contribution in [2.45, 2.75) is 71.0 Å². The topological polar surface area (TPSA) is 58.6 Å². The number of carbonyl (C=O) groups is 2. The molecule has 0 saturated heterocycles. The number of amides is 2. The zero-order valence-electron chi connectivity index (χ0n) is 19.6. The van der Waals surface area contributed by atoms with Crippen LogP contribution in [0.25, 0.3) is 0 Å². The van der Waals surface area contributed by atoms with Crippen molar-refractivity contribution in [1.82, 2.24) is 10.2 Å². The summed E-state index contributed by atoms with van der Waals surface area (Å²) in [4.78, 5) is 28.2. The first-order chi connectivity index (χ1) is 16.3. The lowest BCUT2D eigenvalue weighted by Crippen LogP contribution is -2.52. The summed E-state index contributed by atoms with van der Waals surface area (Å²) in [6.07, 6.45) is 5.52. The molecule has 1 fully saturated rings. The number of aryl methyl sites for hydroxylation is 1. The van der Waals surface area contributed by atoms with Gasteiger partial charge in [0.1, 0.15) is 11.8 Å². The van der Waals surface area contributed by atoms with Gasteiger partial charge in [-0.25, -0.2) is 0 Å². The third-order valence-electron chi connectivity index (χ3n) is 6.23. The predicted molar refractivity (Wildman–Crippen MR) is 141 cm³/mol. The van der Waals surface area contributed by atoms with Crippen LogP contribution < -0.4 is 10.1 Å². The second-order valence-electron chi connectivity index (χ2n) is 8.54. The van der Waals surface area contributed by atoms with Crippen LogP contribution in [-0.4, -0.2) is 35.4 Å². The second-order valence-corrected chi connectivity index (χ2v) is 10.2. The highest BCUT2D eigenvalue weighted by Gasteiger charge is 2.31. The van der Waals surface area contributed by atoms with Gasteiger partial charge < -0.3 is 15.0 Å². The van der Waals surface area contributed by atoms with Gasteiger partial charge >= 0.3 is 0 Å². The van der Waals surface area contributed by atoms with Crippen LogP contribution in [0.1, 0.15) is 57.1 Å². The maximum absolute atomic E-state index is 13.4. The smallest absolute Gasteiger partial charge is 0.261 e. The van der Waals surface area contributed by atoms with E-state index in [9.17, 15) is 9.59 Å². The number of nitrogens with one attached hydrogen (secondary N) is 1. The van der Waals surface area contributed by atoms with Gasteiger partial charge in [-0.3, -0.25) is 9.59 Å². The Morgan fingerprint density at radius 2 is 1.82 bits per heavy atom. The third-order valence-corrected chi connectivity index (χ3v) is 7.56. The molecule has 184 valence electrons. The van der Waals surface area contributed by atoms with Gasteiger partial charge in [-0.15, -0.1) is 0 Å². The van der Waals surface area contributed by atoms with Crippen molar-refractivity contribution in [2.24, 2.45) is 0 Å². The largest absolute Gasteiger partial charge is 0.483 e. The molecule has 1 saturated carbocycles. The Balaban J connectivity index is 1.82. The number of hydrogen-bond acceptors (Lipinski definition) is 3. The van der Waals surface area contributed by atoms with E-state index in [1.807, 2.05) is 25.1 Å². The molecule has 2 aromatic rings. The predicted octanol–water partition coefficient (Wildman–Crippen LogP) is 6.56. The maximum atomic E-state index is 13.4. The first kappa shape index (κ1) is 26.8. The molecule has 0 aliphatic heterocycles. The number of hydrogen-bond donors (Lipinski definition) is 1. The quantitative estimate of drug-likeness (QED) is 0.352. The number of nitrogens with zero attached hydrogens (tertiary/aromatic N) is 1. The SMILES string of the molecule is CCc1ccc(OCC(=O)N(Cc2c(Cl)cccc2Cl)C(CC)C(=O)NC2CCCC2)c(Br)c1. The van der Waals surface area contributed by atoms with Crippen molar-refractivity contribution in [2.75, 3.05) is 6.61 Å². The fraction of sp³-hybridized carbons (Fsp3) is 0.462. The molecule has 0 heterocycles. The van der Waals surface area contributed by atoms with Crippen LogP contribution >= 0.6 is 39.1 Å². The Morgan fingerprint density at radius 3 is 2.41 bits per heavy atom. The lowest BCUT2D eigenvalue weighted by molar-refractivity contribution is -0.143. The van der Waals surface area contributed by atoms with Crippen molar-refractivity contribution in [3.63, 3.8) is 0 Å². The summed E-state index contributed by atoms with van der Waals surface area (Å²) in [7, 11) is 0. The third kappa shape index (κ3) is 6.89. The van der Waals surface area contributed by atoms with Gasteiger partial charge in [-0.2, -0.15) is 0 Å². The number of carbonyl (C=O) groups excluding carboxylic acids is 2. The van der Waals surface area contributed by atoms with Gasteiger partial charge in [-0.05, 0) is 71.4 Å². The molecule has 8 heteroatoms. The van der Waals surface area contributed by atoms with Crippen molar-refractivity contribution >= 4 is 50.9 Å². The molecule has 0 spiro atoms. The van der Waals surface area contributed by atoms with Gasteiger partial charge in [-0.1, -0.05) is 62.0 Å². The first-order valence-corrected chi connectivity index (χ1v) is 13.3. The van der Waals surface area contributed by atoms with E-state index in [1.54, 1.807) is 18.2 Å². The van der Waals surface area contributed by atoms with E-state index in [1.165, 1.54) is 4.90 Å². The number of benzene rings is 2. The standard InChI is InChI=1S/C26H31BrCl2N2O3/c1-3-17-12-13-24(20(27)14-17)34-16-25(32)31(15-19-21(28)10-7-11-22(19)29)23(4-2)26(33)30-18-8-5-6-9-18/h7,10-14,18,23H,3-6,8-9,15-16H2,1-2H3,(H,30,33). The van der Waals surface area contributed by atoms with Crippen molar-refractivity contribution in [3.8, 4) is 5.75 Å². The number of rotatable bonds is 10. The summed E-state index contributed by atoms with van der Waals surface area (Å²) >= 11 is 16.3. The van der Waals surface area contributed by atoms with E-state index in [2.05, 4.69) is 28.2 Å². The first-order valence-electron chi connectivity index (χ1n) is 11.8. The summed E-state index contributed by atoms with van der Waals surface area (Å²) in [5, 5.41) is 4.04. The van der Waals surface area contributed by atoms with Crippen LogP contribution in [-0.2, 0) is 22.6 Å². The molecule has 2 aromatic carbocycles. The minimum Gasteiger partial charge on any atom is -0.483 e. The normalized spacial score (nSPS) is 14.6. The zero-order valence-corrected chi connectivity index (χ0v) is 22.7. The summed E-state index contributed by atoms with van der Waals surface area (Å²) in [6.45, 7) is 3.88. The molecule has 0 aromatic heterocycles. The number of ether oxygens (including phenoxy) is 1. The van der Waals surface area contributed by atoms with Gasteiger partial charge in [0.05, 0.1) is 4.47 Å². The molecular weight excluding hydrogens is 539 g/mol. The van der Waals surface area contributed by atoms with E-state index in [-0.39, 0.29) is 31.0 Å². The van der Waals surface area contributed by atoms with Crippen LogP contribution in [0.5, 0.6) is 5.75 Å². The average molecular weight is 570 g/mol. The van der Waals surface area contributed by atoms with Crippen LogP contribution in [0.15, 0.2) is 40.9 Å². The average Bonchev–Trinajstić information content (AvgIpc) is 3.32. The molecule has 1 N–H and O–H groups in total. The summed E-state index contributed by atoms with van der Waals surface area (Å²) < 4.78 is 6.63. The van der Waals surface area contributed by atoms with Crippen LogP contribution in [0.3, 0.4) is 0 Å². The van der Waals surface area contributed by atoms with Gasteiger partial charge in [0.25, 0.3) is 5.91 Å². The molecule has 0 radical (unpaired) electrons. The van der Waals surface area contributed by atoms with Gasteiger partial charge in [0.15, 0.2) is 6.61 Å². The van der Waals surface area contributed by atoms with Crippen molar-refractivity contribution in [1.29, 1.82) is 0 Å². The van der Waals surface area contributed by atoms with E-state index < -0.39 is 6.04 Å². The highest BCUT2D eigenvalue weighted by Crippen LogP contribution is 2.29. The molecule has 1 aliphatic rings. The monoisotopic (exact) mass is 568 g/mol. The van der Waals surface area contributed by atoms with Crippen molar-refractivity contribution in [3.05, 3.63) is 62.0 Å². The summed E-state index contributed by atoms with van der Waals surface area (Å²) in [5.41, 5.74) is 1.77. The molecule has 1 unspecified atom stereocenters. The molecule has 2 amide bonds. The Kier molecular flexibility index (Phi) is 10.1. The fourth-order valence-corrected chi connectivity index (χ4v) is 5.30. The molecule has 1 atom stereocenters. The van der Waals surface area contributed by atoms with Crippen LogP contribution in [0, 0.1) is 0 Å². The Hall–Kier alpha value is -1.76. The highest BCUT2D eigenvalue weighted by atomic mass is 79.9. The lowest BCUT2D eigenvalue weighted by atomic mass is 10.1. The summed E-state index contributed by atoms with van der Waals surface area (Å²) in [5.74, 6) is 0.111. The van der Waals surface area contributed by atoms with Crippen LogP contribution in [0.4, 0.5) is 0 Å². The zero-order chi connectivity index (χ0) is 24.7. The molecule has 3 rings (SSSR count). The minimum atomic E-state index is -0.657. The van der Waals surface area contributed by atoms with Crippen molar-refractivity contribution < 1.29 is 14.3 Å². The highest BCUT2D eigenvalue weighted by molar-refractivity contribution is 9.10. The van der Waals surface area contributed by atoms with Gasteiger partial charge in [0.2, 0.25) is 5.91 Å². The molecular formula is C26H31BrCl2N2O3. The number of halogens is 3. The lowest BCUT2D eigenvalue weighted by Gasteiger charge is -2.32. The maximum Gasteiger partial charge on any atom is 0.261 e. The molecule has 34 heavy (non-hydrogen) atoms. The van der Waals surface area contributed by atoms with E-state index in [0.29, 0.717) is 27.8 Å². The van der Waals surface area contributed by atoms with Crippen LogP contribution in [0.2, 0.25) is 10.0 Å². The molecule has 0 bridgehead atoms. The molecule has 5 nitrogen and oxygen atoms in total. The Morgan fingerprint density at radius 1 is 1.15 bits per heavy atom. The molecule has 1 aliphatic carbocycles. The van der Waals surface area contributed by atoms with E-state index in [4.69, 9.17) is 27.9 Å². The summed E-state index contributed by atoms with van der Waals surface area (Å²) in [6, 6.07) is 10.5. The van der Waals surface area contributed by atoms with E-state index in [0.717, 1.165) is 42.1 Å². The van der Waals surface area contributed by atoms with Gasteiger partial charge in [0, 0.05) is 28.2 Å². The second kappa shape index (κ2) is 12.8. The van der Waals surface area contributed by atoms with E-state index >= 15 is 0 Å². The fourth-order valence-electron chi connectivity index (χ4n) is 4.24. The Labute approximate surface area is 220 Å². The Bertz CT molecular complexity index is 991. The minimum absolute atomic E-state index is 0.118.